The molecule has 0 aliphatic heterocycles. The van der Waals surface area contributed by atoms with Crippen LogP contribution in [0.15, 0.2) is 17.0 Å². The van der Waals surface area contributed by atoms with Crippen molar-refractivity contribution in [2.24, 2.45) is 0 Å². The molecular formula is C12H15Cl2NO3S. The van der Waals surface area contributed by atoms with E-state index in [0.29, 0.717) is 11.3 Å². The van der Waals surface area contributed by atoms with E-state index in [4.69, 9.17) is 23.2 Å². The summed E-state index contributed by atoms with van der Waals surface area (Å²) in [6.07, 6.45) is 0. The Morgan fingerprint density at radius 2 is 1.84 bits per heavy atom. The lowest BCUT2D eigenvalue weighted by Crippen LogP contribution is -2.15. The van der Waals surface area contributed by atoms with Crippen LogP contribution in [-0.2, 0) is 14.6 Å². The first-order valence-electron chi connectivity index (χ1n) is 5.53. The number of hydrogen-bond donors (Lipinski definition) is 1. The zero-order chi connectivity index (χ0) is 14.8. The van der Waals surface area contributed by atoms with Gasteiger partial charge in [0.2, 0.25) is 5.91 Å². The zero-order valence-electron chi connectivity index (χ0n) is 10.8. The number of nitrogens with one attached hydrogen (secondary N) is 1. The Hall–Kier alpha value is -0.780. The van der Waals surface area contributed by atoms with Crippen LogP contribution in [-0.4, -0.2) is 24.9 Å². The number of hydrogen-bond acceptors (Lipinski definition) is 3. The standard InChI is InChI=1S/C12H15Cl2NO3S/c1-7-4-8(2)11(5-10(7)15-9(3)16)19(17,18)6-12(13)14/h4-5,12H,6H2,1-3H3,(H,15,16). The second-order valence-electron chi connectivity index (χ2n) is 4.29. The lowest BCUT2D eigenvalue weighted by atomic mass is 10.1. The van der Waals surface area contributed by atoms with Gasteiger partial charge in [0.15, 0.2) is 9.84 Å². The van der Waals surface area contributed by atoms with Crippen LogP contribution < -0.4 is 5.32 Å². The summed E-state index contributed by atoms with van der Waals surface area (Å²) >= 11 is 11.1. The van der Waals surface area contributed by atoms with E-state index in [2.05, 4.69) is 5.32 Å². The van der Waals surface area contributed by atoms with Gasteiger partial charge in [0.25, 0.3) is 0 Å². The number of rotatable bonds is 4. The minimum absolute atomic E-state index is 0.133. The predicted molar refractivity (Wildman–Crippen MR) is 77.8 cm³/mol. The molecule has 0 saturated carbocycles. The fourth-order valence-corrected chi connectivity index (χ4v) is 4.10. The first-order chi connectivity index (χ1) is 8.63. The minimum Gasteiger partial charge on any atom is -0.326 e. The molecule has 0 aliphatic rings. The number of carbonyl (C=O) groups excluding carboxylic acids is 1. The molecule has 0 saturated heterocycles. The van der Waals surface area contributed by atoms with Crippen molar-refractivity contribution < 1.29 is 13.2 Å². The van der Waals surface area contributed by atoms with E-state index in [1.165, 1.54) is 13.0 Å². The van der Waals surface area contributed by atoms with Gasteiger partial charge in [0.05, 0.1) is 10.6 Å². The molecule has 0 radical (unpaired) electrons. The monoisotopic (exact) mass is 323 g/mol. The Bertz CT molecular complexity index is 597. The van der Waals surface area contributed by atoms with E-state index in [9.17, 15) is 13.2 Å². The molecule has 1 N–H and O–H groups in total. The lowest BCUT2D eigenvalue weighted by Gasteiger charge is -2.13. The molecule has 7 heteroatoms. The number of benzene rings is 1. The van der Waals surface area contributed by atoms with Crippen LogP contribution >= 0.6 is 23.2 Å². The van der Waals surface area contributed by atoms with E-state index in [1.807, 2.05) is 0 Å². The summed E-state index contributed by atoms with van der Waals surface area (Å²) in [5, 5.41) is 2.60. The van der Waals surface area contributed by atoms with E-state index >= 15 is 0 Å². The maximum Gasteiger partial charge on any atom is 0.221 e. The zero-order valence-corrected chi connectivity index (χ0v) is 13.2. The molecule has 0 bridgehead atoms. The number of carbonyl (C=O) groups is 1. The van der Waals surface area contributed by atoms with Crippen molar-refractivity contribution in [3.8, 4) is 0 Å². The van der Waals surface area contributed by atoms with Gasteiger partial charge in [-0.3, -0.25) is 4.79 Å². The van der Waals surface area contributed by atoms with Gasteiger partial charge in [0.1, 0.15) is 4.84 Å². The number of amides is 1. The van der Waals surface area contributed by atoms with E-state index < -0.39 is 14.7 Å². The van der Waals surface area contributed by atoms with Gasteiger partial charge in [0, 0.05) is 12.6 Å². The fraction of sp³-hybridized carbons (Fsp3) is 0.417. The molecular weight excluding hydrogens is 309 g/mol. The van der Waals surface area contributed by atoms with Gasteiger partial charge in [-0.05, 0) is 31.0 Å². The van der Waals surface area contributed by atoms with Crippen molar-refractivity contribution in [1.82, 2.24) is 0 Å². The van der Waals surface area contributed by atoms with E-state index in [-0.39, 0.29) is 16.6 Å². The Morgan fingerprint density at radius 3 is 2.32 bits per heavy atom. The van der Waals surface area contributed by atoms with Crippen LogP contribution in [0.5, 0.6) is 0 Å². The fourth-order valence-electron chi connectivity index (χ4n) is 1.75. The van der Waals surface area contributed by atoms with Gasteiger partial charge >= 0.3 is 0 Å². The first kappa shape index (κ1) is 16.3. The number of alkyl halides is 2. The highest BCUT2D eigenvalue weighted by molar-refractivity contribution is 7.91. The molecule has 0 heterocycles. The van der Waals surface area contributed by atoms with Crippen molar-refractivity contribution in [2.45, 2.75) is 30.5 Å². The summed E-state index contributed by atoms with van der Waals surface area (Å²) in [4.78, 5) is 10.2. The quantitative estimate of drug-likeness (QED) is 0.866. The highest BCUT2D eigenvalue weighted by atomic mass is 35.5. The summed E-state index contributed by atoms with van der Waals surface area (Å²) in [6, 6.07) is 3.15. The van der Waals surface area contributed by atoms with E-state index in [0.717, 1.165) is 5.56 Å². The molecule has 4 nitrogen and oxygen atoms in total. The van der Waals surface area contributed by atoms with E-state index in [1.54, 1.807) is 19.9 Å². The largest absolute Gasteiger partial charge is 0.326 e. The van der Waals surface area contributed by atoms with Crippen molar-refractivity contribution in [2.75, 3.05) is 11.1 Å². The molecule has 0 aliphatic carbocycles. The molecule has 0 fully saturated rings. The molecule has 1 rings (SSSR count). The summed E-state index contributed by atoms with van der Waals surface area (Å²) in [5.41, 5.74) is 1.86. The van der Waals surface area contributed by atoms with Crippen molar-refractivity contribution in [3.63, 3.8) is 0 Å². The van der Waals surface area contributed by atoms with Crippen molar-refractivity contribution in [1.29, 1.82) is 0 Å². The topological polar surface area (TPSA) is 63.2 Å². The normalized spacial score (nSPS) is 11.7. The Morgan fingerprint density at radius 1 is 1.26 bits per heavy atom. The van der Waals surface area contributed by atoms with Crippen LogP contribution in [0.1, 0.15) is 18.1 Å². The summed E-state index contributed by atoms with van der Waals surface area (Å²) < 4.78 is 24.3. The molecule has 1 amide bonds. The molecule has 1 aromatic carbocycles. The number of anilines is 1. The Balaban J connectivity index is 3.32. The molecule has 106 valence electrons. The number of sulfone groups is 1. The molecule has 1 aromatic rings. The van der Waals surface area contributed by atoms with Crippen LogP contribution in [0.2, 0.25) is 0 Å². The Labute approximate surface area is 123 Å². The van der Waals surface area contributed by atoms with Crippen LogP contribution in [0.4, 0.5) is 5.69 Å². The second-order valence-corrected chi connectivity index (χ2v) is 7.57. The van der Waals surface area contributed by atoms with Crippen molar-refractivity contribution >= 4 is 44.6 Å². The summed E-state index contributed by atoms with van der Waals surface area (Å²) in [5.74, 6) is -0.623. The molecule has 19 heavy (non-hydrogen) atoms. The van der Waals surface area contributed by atoms with Crippen LogP contribution in [0.3, 0.4) is 0 Å². The van der Waals surface area contributed by atoms with Crippen LogP contribution in [0.25, 0.3) is 0 Å². The molecule has 0 aromatic heterocycles. The van der Waals surface area contributed by atoms with Gasteiger partial charge < -0.3 is 5.32 Å². The smallest absolute Gasteiger partial charge is 0.221 e. The van der Waals surface area contributed by atoms with Gasteiger partial charge in [-0.2, -0.15) is 0 Å². The summed E-state index contributed by atoms with van der Waals surface area (Å²) in [7, 11) is -3.58. The Kier molecular flexibility index (Phi) is 5.24. The third kappa shape index (κ3) is 4.37. The predicted octanol–water partition coefficient (Wildman–Crippen LogP) is 2.84. The average Bonchev–Trinajstić information content (AvgIpc) is 2.19. The lowest BCUT2D eigenvalue weighted by molar-refractivity contribution is -0.114. The highest BCUT2D eigenvalue weighted by Gasteiger charge is 2.22. The van der Waals surface area contributed by atoms with Crippen molar-refractivity contribution in [3.05, 3.63) is 23.3 Å². The maximum atomic E-state index is 12.1. The number of halogens is 2. The SMILES string of the molecule is CC(=O)Nc1cc(S(=O)(=O)CC(Cl)Cl)c(C)cc1C. The van der Waals surface area contributed by atoms with Gasteiger partial charge in [-0.1, -0.05) is 6.07 Å². The maximum absolute atomic E-state index is 12.1. The molecule has 0 spiro atoms. The molecule has 0 unspecified atom stereocenters. The molecule has 0 atom stereocenters. The van der Waals surface area contributed by atoms with Crippen LogP contribution in [0, 0.1) is 13.8 Å². The third-order valence-corrected chi connectivity index (χ3v) is 5.07. The van der Waals surface area contributed by atoms with Gasteiger partial charge in [-0.15, -0.1) is 23.2 Å². The average molecular weight is 324 g/mol. The number of aryl methyl sites for hydroxylation is 2. The second kappa shape index (κ2) is 6.11. The third-order valence-electron chi connectivity index (χ3n) is 2.51. The van der Waals surface area contributed by atoms with Gasteiger partial charge in [-0.25, -0.2) is 8.42 Å². The summed E-state index contributed by atoms with van der Waals surface area (Å²) in [6.45, 7) is 4.84. The first-order valence-corrected chi connectivity index (χ1v) is 8.05. The highest BCUT2D eigenvalue weighted by Crippen LogP contribution is 2.26. The minimum atomic E-state index is -3.58.